The SMILES string of the molecule is NCC(=O)C1=CC=CC2C=CSC12. The average molecular weight is 193 g/mol. The maximum Gasteiger partial charge on any atom is 0.173 e. The Kier molecular flexibility index (Phi) is 2.38. The molecule has 0 radical (unpaired) electrons. The van der Waals surface area contributed by atoms with Crippen molar-refractivity contribution in [2.24, 2.45) is 11.7 Å². The molecule has 0 saturated carbocycles. The fourth-order valence-electron chi connectivity index (χ4n) is 1.61. The fraction of sp³-hybridized carbons (Fsp3) is 0.300. The standard InChI is InChI=1S/C10H11NOS/c11-6-9(12)8-3-1-2-7-4-5-13-10(7)8/h1-5,7,10H,6,11H2. The molecule has 13 heavy (non-hydrogen) atoms. The molecule has 2 N–H and O–H groups in total. The number of rotatable bonds is 2. The van der Waals surface area contributed by atoms with Crippen LogP contribution in [0.4, 0.5) is 0 Å². The first kappa shape index (κ1) is 8.78. The number of nitrogens with two attached hydrogens (primary N) is 1. The number of ketones is 1. The van der Waals surface area contributed by atoms with Gasteiger partial charge < -0.3 is 5.73 Å². The Morgan fingerprint density at radius 2 is 2.38 bits per heavy atom. The number of hydrogen-bond acceptors (Lipinski definition) is 3. The molecule has 1 aliphatic carbocycles. The third-order valence-corrected chi connectivity index (χ3v) is 3.47. The summed E-state index contributed by atoms with van der Waals surface area (Å²) in [4.78, 5) is 11.4. The highest BCUT2D eigenvalue weighted by molar-refractivity contribution is 8.03. The summed E-state index contributed by atoms with van der Waals surface area (Å²) in [5, 5.41) is 2.34. The maximum absolute atomic E-state index is 11.4. The molecular weight excluding hydrogens is 182 g/mol. The second kappa shape index (κ2) is 3.52. The summed E-state index contributed by atoms with van der Waals surface area (Å²) in [5.41, 5.74) is 6.21. The van der Waals surface area contributed by atoms with Crippen molar-refractivity contribution in [3.05, 3.63) is 35.3 Å². The van der Waals surface area contributed by atoms with E-state index >= 15 is 0 Å². The summed E-state index contributed by atoms with van der Waals surface area (Å²) in [6.45, 7) is 0.115. The molecular formula is C10H11NOS. The predicted octanol–water partition coefficient (Wildman–Crippen LogP) is 1.26. The van der Waals surface area contributed by atoms with Gasteiger partial charge in [-0.05, 0) is 5.41 Å². The first-order chi connectivity index (χ1) is 6.33. The van der Waals surface area contributed by atoms with E-state index in [0.29, 0.717) is 5.92 Å². The van der Waals surface area contributed by atoms with Crippen LogP contribution >= 0.6 is 11.8 Å². The molecule has 0 fully saturated rings. The zero-order valence-electron chi connectivity index (χ0n) is 7.14. The summed E-state index contributed by atoms with van der Waals surface area (Å²) in [6.07, 6.45) is 8.08. The van der Waals surface area contributed by atoms with Gasteiger partial charge in [-0.2, -0.15) is 0 Å². The van der Waals surface area contributed by atoms with Crippen molar-refractivity contribution < 1.29 is 4.79 Å². The number of allylic oxidation sites excluding steroid dienone is 4. The Morgan fingerprint density at radius 3 is 3.15 bits per heavy atom. The van der Waals surface area contributed by atoms with E-state index < -0.39 is 0 Å². The first-order valence-electron chi connectivity index (χ1n) is 4.26. The van der Waals surface area contributed by atoms with Crippen molar-refractivity contribution in [3.63, 3.8) is 0 Å². The van der Waals surface area contributed by atoms with Gasteiger partial charge in [0.25, 0.3) is 0 Å². The Balaban J connectivity index is 2.24. The molecule has 0 aromatic carbocycles. The van der Waals surface area contributed by atoms with Crippen LogP contribution in [0.3, 0.4) is 0 Å². The molecule has 2 nitrogen and oxygen atoms in total. The lowest BCUT2D eigenvalue weighted by atomic mass is 9.91. The quantitative estimate of drug-likeness (QED) is 0.718. The lowest BCUT2D eigenvalue weighted by Gasteiger charge is -2.20. The zero-order chi connectivity index (χ0) is 9.26. The van der Waals surface area contributed by atoms with Crippen molar-refractivity contribution in [1.82, 2.24) is 0 Å². The molecule has 0 spiro atoms. The molecule has 0 aromatic heterocycles. The number of carbonyl (C=O) groups excluding carboxylic acids is 1. The third kappa shape index (κ3) is 1.49. The lowest BCUT2D eigenvalue weighted by Crippen LogP contribution is -2.26. The molecule has 2 rings (SSSR count). The minimum Gasteiger partial charge on any atom is -0.324 e. The van der Waals surface area contributed by atoms with Crippen LogP contribution < -0.4 is 5.73 Å². The highest BCUT2D eigenvalue weighted by atomic mass is 32.2. The van der Waals surface area contributed by atoms with Crippen LogP contribution in [0.2, 0.25) is 0 Å². The van der Waals surface area contributed by atoms with E-state index in [2.05, 4.69) is 17.6 Å². The smallest absolute Gasteiger partial charge is 0.173 e. The molecule has 0 amide bonds. The van der Waals surface area contributed by atoms with E-state index in [9.17, 15) is 4.79 Å². The van der Waals surface area contributed by atoms with Gasteiger partial charge in [0, 0.05) is 16.7 Å². The van der Waals surface area contributed by atoms with E-state index in [1.165, 1.54) is 0 Å². The Labute approximate surface area is 81.6 Å². The summed E-state index contributed by atoms with van der Waals surface area (Å²) in [6, 6.07) is 0. The fourth-order valence-corrected chi connectivity index (χ4v) is 2.77. The predicted molar refractivity (Wildman–Crippen MR) is 55.3 cm³/mol. The van der Waals surface area contributed by atoms with Crippen LogP contribution in [0.15, 0.2) is 35.3 Å². The third-order valence-electron chi connectivity index (χ3n) is 2.30. The van der Waals surface area contributed by atoms with Crippen molar-refractivity contribution >= 4 is 17.5 Å². The highest BCUT2D eigenvalue weighted by Gasteiger charge is 2.29. The summed E-state index contributed by atoms with van der Waals surface area (Å²) in [5.74, 6) is 0.455. The summed E-state index contributed by atoms with van der Waals surface area (Å²) >= 11 is 1.70. The zero-order valence-corrected chi connectivity index (χ0v) is 7.96. The monoisotopic (exact) mass is 193 g/mol. The molecule has 0 bridgehead atoms. The average Bonchev–Trinajstić information content (AvgIpc) is 2.63. The van der Waals surface area contributed by atoms with E-state index in [4.69, 9.17) is 5.73 Å². The molecule has 2 aliphatic rings. The van der Waals surface area contributed by atoms with Crippen LogP contribution in [0, 0.1) is 5.92 Å². The van der Waals surface area contributed by atoms with Crippen LogP contribution in [0.1, 0.15) is 0 Å². The van der Waals surface area contributed by atoms with E-state index in [0.717, 1.165) is 5.57 Å². The second-order valence-electron chi connectivity index (χ2n) is 3.10. The normalized spacial score (nSPS) is 30.1. The number of thioether (sulfide) groups is 1. The summed E-state index contributed by atoms with van der Waals surface area (Å²) < 4.78 is 0. The van der Waals surface area contributed by atoms with Crippen LogP contribution in [0.25, 0.3) is 0 Å². The van der Waals surface area contributed by atoms with Gasteiger partial charge in [0.15, 0.2) is 5.78 Å². The maximum atomic E-state index is 11.4. The molecule has 0 aromatic rings. The number of Topliss-reactive ketones (excluding diaryl/α,β-unsaturated/α-hetero) is 1. The molecule has 3 heteroatoms. The van der Waals surface area contributed by atoms with E-state index in [-0.39, 0.29) is 17.6 Å². The van der Waals surface area contributed by atoms with E-state index in [1.54, 1.807) is 11.8 Å². The topological polar surface area (TPSA) is 43.1 Å². The van der Waals surface area contributed by atoms with Gasteiger partial charge in [-0.3, -0.25) is 4.79 Å². The van der Waals surface area contributed by atoms with Crippen LogP contribution in [0.5, 0.6) is 0 Å². The van der Waals surface area contributed by atoms with Gasteiger partial charge in [-0.1, -0.05) is 24.3 Å². The first-order valence-corrected chi connectivity index (χ1v) is 5.21. The van der Waals surface area contributed by atoms with Crippen molar-refractivity contribution in [2.75, 3.05) is 6.54 Å². The van der Waals surface area contributed by atoms with Gasteiger partial charge in [0.1, 0.15) is 0 Å². The summed E-state index contributed by atoms with van der Waals surface area (Å²) in [7, 11) is 0. The Hall–Kier alpha value is -0.800. The van der Waals surface area contributed by atoms with Gasteiger partial charge in [0.2, 0.25) is 0 Å². The van der Waals surface area contributed by atoms with Crippen LogP contribution in [-0.4, -0.2) is 17.6 Å². The van der Waals surface area contributed by atoms with Crippen molar-refractivity contribution in [3.8, 4) is 0 Å². The largest absolute Gasteiger partial charge is 0.324 e. The van der Waals surface area contributed by atoms with Gasteiger partial charge >= 0.3 is 0 Å². The minimum absolute atomic E-state index is 0.0653. The molecule has 1 heterocycles. The van der Waals surface area contributed by atoms with Gasteiger partial charge in [0.05, 0.1) is 6.54 Å². The Bertz CT molecular complexity index is 317. The molecule has 68 valence electrons. The van der Waals surface area contributed by atoms with Crippen LogP contribution in [-0.2, 0) is 4.79 Å². The molecule has 2 unspecified atom stereocenters. The van der Waals surface area contributed by atoms with E-state index in [1.807, 2.05) is 12.2 Å². The number of carbonyl (C=O) groups is 1. The molecule has 2 atom stereocenters. The minimum atomic E-state index is 0.0653. The Morgan fingerprint density at radius 1 is 1.54 bits per heavy atom. The van der Waals surface area contributed by atoms with Gasteiger partial charge in [-0.15, -0.1) is 11.8 Å². The highest BCUT2D eigenvalue weighted by Crippen LogP contribution is 2.38. The number of fused-ring (bicyclic) bond motifs is 1. The van der Waals surface area contributed by atoms with Gasteiger partial charge in [-0.25, -0.2) is 0 Å². The number of hydrogen-bond donors (Lipinski definition) is 1. The van der Waals surface area contributed by atoms with Crippen molar-refractivity contribution in [1.29, 1.82) is 0 Å². The molecule has 1 aliphatic heterocycles. The van der Waals surface area contributed by atoms with Crippen molar-refractivity contribution in [2.45, 2.75) is 5.25 Å². The lowest BCUT2D eigenvalue weighted by molar-refractivity contribution is -0.114. The second-order valence-corrected chi connectivity index (χ2v) is 4.15. The molecule has 0 saturated heterocycles.